The lowest BCUT2D eigenvalue weighted by molar-refractivity contribution is -0.114. The summed E-state index contributed by atoms with van der Waals surface area (Å²) < 4.78 is 14.6. The highest BCUT2D eigenvalue weighted by molar-refractivity contribution is 7.84. The van der Waals surface area contributed by atoms with Gasteiger partial charge in [-0.3, -0.25) is 4.79 Å². The maximum atomic E-state index is 11.9. The second-order valence-electron chi connectivity index (χ2n) is 5.81. The molecule has 0 aromatic heterocycles. The van der Waals surface area contributed by atoms with Crippen LogP contribution in [-0.4, -0.2) is 20.8 Å². The summed E-state index contributed by atoms with van der Waals surface area (Å²) in [5.41, 5.74) is 1.000. The van der Waals surface area contributed by atoms with E-state index in [1.54, 1.807) is 12.2 Å². The van der Waals surface area contributed by atoms with E-state index in [1.807, 2.05) is 58.0 Å². The van der Waals surface area contributed by atoms with Gasteiger partial charge in [0.2, 0.25) is 0 Å². The molecule has 3 nitrogen and oxygen atoms in total. The van der Waals surface area contributed by atoms with Crippen LogP contribution < -0.4 is 4.72 Å². The SMILES string of the molecule is C[C@H](CC(=O)/C=C/c1ccccc1)NS(=O)C(C)(C)C. The van der Waals surface area contributed by atoms with Crippen LogP contribution in [0.5, 0.6) is 0 Å². The maximum absolute atomic E-state index is 11.9. The Morgan fingerprint density at radius 1 is 1.30 bits per heavy atom. The molecule has 0 bridgehead atoms. The molecule has 1 N–H and O–H groups in total. The molecule has 1 rings (SSSR count). The zero-order chi connectivity index (χ0) is 15.2. The first-order valence-electron chi connectivity index (χ1n) is 6.73. The van der Waals surface area contributed by atoms with Crippen molar-refractivity contribution in [1.29, 1.82) is 0 Å². The predicted molar refractivity (Wildman–Crippen MR) is 85.6 cm³/mol. The van der Waals surface area contributed by atoms with Gasteiger partial charge >= 0.3 is 0 Å². The van der Waals surface area contributed by atoms with Gasteiger partial charge in [0.1, 0.15) is 0 Å². The van der Waals surface area contributed by atoms with E-state index in [4.69, 9.17) is 0 Å². The smallest absolute Gasteiger partial charge is 0.157 e. The van der Waals surface area contributed by atoms with E-state index >= 15 is 0 Å². The Morgan fingerprint density at radius 2 is 1.90 bits per heavy atom. The Morgan fingerprint density at radius 3 is 2.45 bits per heavy atom. The first-order valence-corrected chi connectivity index (χ1v) is 7.88. The van der Waals surface area contributed by atoms with Crippen LogP contribution in [0, 0.1) is 0 Å². The number of rotatable bonds is 6. The van der Waals surface area contributed by atoms with Gasteiger partial charge in [-0.25, -0.2) is 8.93 Å². The van der Waals surface area contributed by atoms with E-state index in [1.165, 1.54) is 0 Å². The molecule has 0 aliphatic heterocycles. The lowest BCUT2D eigenvalue weighted by Gasteiger charge is -2.21. The number of carbonyl (C=O) groups is 1. The van der Waals surface area contributed by atoms with E-state index in [9.17, 15) is 9.00 Å². The van der Waals surface area contributed by atoms with Crippen LogP contribution in [0.15, 0.2) is 36.4 Å². The zero-order valence-corrected chi connectivity index (χ0v) is 13.4. The minimum Gasteiger partial charge on any atom is -0.295 e. The third kappa shape index (κ3) is 6.26. The Labute approximate surface area is 124 Å². The van der Waals surface area contributed by atoms with Crippen LogP contribution >= 0.6 is 0 Å². The van der Waals surface area contributed by atoms with Crippen molar-refractivity contribution < 1.29 is 9.00 Å². The topological polar surface area (TPSA) is 46.2 Å². The highest BCUT2D eigenvalue weighted by atomic mass is 32.2. The second-order valence-corrected chi connectivity index (χ2v) is 7.81. The Bertz CT molecular complexity index is 489. The highest BCUT2D eigenvalue weighted by Crippen LogP contribution is 2.10. The van der Waals surface area contributed by atoms with Gasteiger partial charge in [-0.15, -0.1) is 0 Å². The van der Waals surface area contributed by atoms with Crippen LogP contribution in [-0.2, 0) is 15.8 Å². The Hall–Kier alpha value is -1.26. The number of allylic oxidation sites excluding steroid dienone is 1. The van der Waals surface area contributed by atoms with Crippen molar-refractivity contribution in [1.82, 2.24) is 4.72 Å². The van der Waals surface area contributed by atoms with E-state index < -0.39 is 11.0 Å². The summed E-state index contributed by atoms with van der Waals surface area (Å²) in [6, 6.07) is 9.58. The molecule has 110 valence electrons. The normalized spacial score (nSPS) is 15.2. The zero-order valence-electron chi connectivity index (χ0n) is 12.6. The molecule has 0 saturated heterocycles. The standard InChI is InChI=1S/C16H23NO2S/c1-13(17-20(19)16(2,3)4)12-15(18)11-10-14-8-6-5-7-9-14/h5-11,13,17H,12H2,1-4H3/b11-10+/t13-,20?/m1/s1. The van der Waals surface area contributed by atoms with Crippen molar-refractivity contribution in [2.45, 2.75) is 44.9 Å². The number of hydrogen-bond acceptors (Lipinski definition) is 2. The lowest BCUT2D eigenvalue weighted by atomic mass is 10.1. The minimum absolute atomic E-state index is 0.0276. The van der Waals surface area contributed by atoms with E-state index in [-0.39, 0.29) is 16.6 Å². The molecule has 0 amide bonds. The fourth-order valence-corrected chi connectivity index (χ4v) is 2.33. The number of nitrogens with one attached hydrogen (secondary N) is 1. The summed E-state index contributed by atoms with van der Waals surface area (Å²) in [6.07, 6.45) is 3.72. The fourth-order valence-electron chi connectivity index (χ4n) is 1.52. The third-order valence-corrected chi connectivity index (χ3v) is 4.36. The Balaban J connectivity index is 2.46. The molecular formula is C16H23NO2S. The summed E-state index contributed by atoms with van der Waals surface area (Å²) in [4.78, 5) is 11.8. The van der Waals surface area contributed by atoms with Crippen molar-refractivity contribution in [3.05, 3.63) is 42.0 Å². The number of ketones is 1. The molecule has 0 fully saturated rings. The number of carbonyl (C=O) groups excluding carboxylic acids is 1. The molecule has 0 aliphatic carbocycles. The molecule has 0 heterocycles. The average molecular weight is 293 g/mol. The largest absolute Gasteiger partial charge is 0.295 e. The van der Waals surface area contributed by atoms with Gasteiger partial charge < -0.3 is 0 Å². The maximum Gasteiger partial charge on any atom is 0.157 e. The van der Waals surface area contributed by atoms with Gasteiger partial charge in [0.15, 0.2) is 5.78 Å². The first kappa shape index (κ1) is 16.8. The predicted octanol–water partition coefficient (Wildman–Crippen LogP) is 3.10. The second kappa shape index (κ2) is 7.50. The molecule has 4 heteroatoms. The highest BCUT2D eigenvalue weighted by Gasteiger charge is 2.21. The molecule has 1 unspecified atom stereocenters. The molecule has 2 atom stereocenters. The van der Waals surface area contributed by atoms with Crippen molar-refractivity contribution in [2.24, 2.45) is 0 Å². The van der Waals surface area contributed by atoms with Gasteiger partial charge in [0.05, 0.1) is 15.7 Å². The van der Waals surface area contributed by atoms with Crippen molar-refractivity contribution >= 4 is 22.8 Å². The summed E-state index contributed by atoms with van der Waals surface area (Å²) in [5, 5.41) is 0. The van der Waals surface area contributed by atoms with Crippen molar-refractivity contribution in [3.8, 4) is 0 Å². The summed E-state index contributed by atoms with van der Waals surface area (Å²) in [6.45, 7) is 7.58. The quantitative estimate of drug-likeness (QED) is 0.819. The minimum atomic E-state index is -1.15. The van der Waals surface area contributed by atoms with E-state index in [2.05, 4.69) is 4.72 Å². The molecule has 0 saturated carbocycles. The molecule has 1 aromatic rings. The van der Waals surface area contributed by atoms with Gasteiger partial charge in [-0.05, 0) is 39.3 Å². The van der Waals surface area contributed by atoms with E-state index in [0.29, 0.717) is 6.42 Å². The molecule has 0 spiro atoms. The monoisotopic (exact) mass is 293 g/mol. The van der Waals surface area contributed by atoms with Crippen LogP contribution in [0.4, 0.5) is 0 Å². The van der Waals surface area contributed by atoms with Gasteiger partial charge in [0.25, 0.3) is 0 Å². The molecule has 20 heavy (non-hydrogen) atoms. The third-order valence-electron chi connectivity index (χ3n) is 2.63. The van der Waals surface area contributed by atoms with Crippen LogP contribution in [0.2, 0.25) is 0 Å². The molecule has 1 aromatic carbocycles. The van der Waals surface area contributed by atoms with Crippen LogP contribution in [0.25, 0.3) is 6.08 Å². The number of hydrogen-bond donors (Lipinski definition) is 1. The van der Waals surface area contributed by atoms with Crippen LogP contribution in [0.1, 0.15) is 39.7 Å². The van der Waals surface area contributed by atoms with Crippen molar-refractivity contribution in [2.75, 3.05) is 0 Å². The molecule has 0 radical (unpaired) electrons. The summed E-state index contributed by atoms with van der Waals surface area (Å²) in [5.74, 6) is 0.0276. The lowest BCUT2D eigenvalue weighted by Crippen LogP contribution is -2.39. The van der Waals surface area contributed by atoms with Gasteiger partial charge in [-0.1, -0.05) is 36.4 Å². The van der Waals surface area contributed by atoms with Crippen LogP contribution in [0.3, 0.4) is 0 Å². The van der Waals surface area contributed by atoms with Crippen molar-refractivity contribution in [3.63, 3.8) is 0 Å². The van der Waals surface area contributed by atoms with E-state index in [0.717, 1.165) is 5.56 Å². The first-order chi connectivity index (χ1) is 9.29. The van der Waals surface area contributed by atoms with Gasteiger partial charge in [-0.2, -0.15) is 0 Å². The van der Waals surface area contributed by atoms with Gasteiger partial charge in [0, 0.05) is 12.5 Å². The molecular weight excluding hydrogens is 270 g/mol. The fraction of sp³-hybridized carbons (Fsp3) is 0.438. The Kier molecular flexibility index (Phi) is 6.30. The summed E-state index contributed by atoms with van der Waals surface area (Å²) in [7, 11) is -1.15. The number of benzene rings is 1. The summed E-state index contributed by atoms with van der Waals surface area (Å²) >= 11 is 0. The molecule has 0 aliphatic rings. The average Bonchev–Trinajstić information content (AvgIpc) is 2.36.